The van der Waals surface area contributed by atoms with E-state index < -0.39 is 22.1 Å². The van der Waals surface area contributed by atoms with Gasteiger partial charge in [0.05, 0.1) is 4.92 Å². The first kappa shape index (κ1) is 22.3. The number of hydrogen-bond acceptors (Lipinski definition) is 6. The van der Waals surface area contributed by atoms with Crippen molar-refractivity contribution in [3.8, 4) is 17.6 Å². The third kappa shape index (κ3) is 6.26. The molecule has 0 aromatic heterocycles. The molecule has 0 saturated carbocycles. The molecule has 0 aliphatic carbocycles. The number of nitro benzene ring substituents is 1. The Morgan fingerprint density at radius 1 is 1.41 bits per heavy atom. The molecule has 156 valence electrons. The number of rotatable bonds is 4. The van der Waals surface area contributed by atoms with Crippen LogP contribution >= 0.6 is 11.6 Å². The van der Waals surface area contributed by atoms with E-state index in [0.717, 1.165) is 6.07 Å². The normalized spacial score (nSPS) is 16.0. The highest BCUT2D eigenvalue weighted by molar-refractivity contribution is 6.34. The summed E-state index contributed by atoms with van der Waals surface area (Å²) in [5.74, 6) is 4.89. The van der Waals surface area contributed by atoms with E-state index in [1.54, 1.807) is 25.7 Å². The third-order valence-corrected chi connectivity index (χ3v) is 4.33. The van der Waals surface area contributed by atoms with E-state index in [9.17, 15) is 19.7 Å². The molecule has 9 nitrogen and oxygen atoms in total. The van der Waals surface area contributed by atoms with Gasteiger partial charge in [-0.2, -0.15) is 0 Å². The van der Waals surface area contributed by atoms with Gasteiger partial charge in [-0.25, -0.2) is 4.79 Å². The van der Waals surface area contributed by atoms with Gasteiger partial charge in [-0.3, -0.25) is 14.9 Å². The number of ether oxygens (including phenoxy) is 2. The molecule has 1 unspecified atom stereocenters. The van der Waals surface area contributed by atoms with Crippen molar-refractivity contribution in [3.05, 3.63) is 32.8 Å². The Hall–Kier alpha value is -2.99. The second-order valence-corrected chi connectivity index (χ2v) is 7.83. The maximum absolute atomic E-state index is 12.1. The molecule has 1 saturated heterocycles. The molecule has 1 atom stereocenters. The van der Waals surface area contributed by atoms with E-state index >= 15 is 0 Å². The van der Waals surface area contributed by atoms with Crippen LogP contribution in [0.15, 0.2) is 12.1 Å². The van der Waals surface area contributed by atoms with Crippen LogP contribution in [0, 0.1) is 27.9 Å². The van der Waals surface area contributed by atoms with E-state index in [4.69, 9.17) is 26.8 Å². The Balaban J connectivity index is 1.98. The van der Waals surface area contributed by atoms with Crippen LogP contribution in [0.1, 0.15) is 37.6 Å². The molecule has 1 fully saturated rings. The van der Waals surface area contributed by atoms with E-state index in [0.29, 0.717) is 19.5 Å². The first-order chi connectivity index (χ1) is 13.5. The summed E-state index contributed by atoms with van der Waals surface area (Å²) in [5, 5.41) is 10.8. The number of nitro groups is 1. The Kier molecular flexibility index (Phi) is 6.93. The van der Waals surface area contributed by atoms with Gasteiger partial charge in [0.15, 0.2) is 5.02 Å². The van der Waals surface area contributed by atoms with Crippen LogP contribution in [-0.4, -0.2) is 47.1 Å². The van der Waals surface area contributed by atoms with E-state index in [1.807, 2.05) is 0 Å². The van der Waals surface area contributed by atoms with Gasteiger partial charge < -0.3 is 20.1 Å². The first-order valence-corrected chi connectivity index (χ1v) is 9.22. The second kappa shape index (κ2) is 9.01. The van der Waals surface area contributed by atoms with Gasteiger partial charge in [-0.15, -0.1) is 0 Å². The molecular weight excluding hydrogens is 402 g/mol. The molecule has 2 amide bonds. The smallest absolute Gasteiger partial charge is 0.410 e. The van der Waals surface area contributed by atoms with Crippen molar-refractivity contribution in [1.29, 1.82) is 0 Å². The third-order valence-electron chi connectivity index (χ3n) is 3.95. The van der Waals surface area contributed by atoms with Crippen molar-refractivity contribution < 1.29 is 24.0 Å². The van der Waals surface area contributed by atoms with Gasteiger partial charge in [0, 0.05) is 30.6 Å². The Bertz CT molecular complexity index is 884. The molecule has 0 bridgehead atoms. The topological polar surface area (TPSA) is 125 Å². The number of hydrogen-bond donors (Lipinski definition) is 1. The van der Waals surface area contributed by atoms with Gasteiger partial charge in [0.25, 0.3) is 5.69 Å². The highest BCUT2D eigenvalue weighted by Gasteiger charge is 2.28. The summed E-state index contributed by atoms with van der Waals surface area (Å²) in [6.45, 7) is 6.32. The minimum Gasteiger partial charge on any atom is -0.479 e. The molecule has 1 aliphatic rings. The van der Waals surface area contributed by atoms with Crippen LogP contribution < -0.4 is 10.5 Å². The lowest BCUT2D eigenvalue weighted by atomic mass is 10.1. The summed E-state index contributed by atoms with van der Waals surface area (Å²) in [7, 11) is 0. The average Bonchev–Trinajstić information content (AvgIpc) is 3.07. The number of carbonyl (C=O) groups is 2. The molecule has 29 heavy (non-hydrogen) atoms. The van der Waals surface area contributed by atoms with Crippen molar-refractivity contribution in [3.63, 3.8) is 0 Å². The summed E-state index contributed by atoms with van der Waals surface area (Å²) in [6.07, 6.45) is 0.329. The Labute approximate surface area is 173 Å². The number of nitrogens with two attached hydrogens (primary N) is 1. The SMILES string of the molecule is CC(C)(C)OC(=O)N1CCC(C#CCOc2cc(C(N)=O)cc([N+](=O)[O-])c2Cl)C1. The summed E-state index contributed by atoms with van der Waals surface area (Å²) < 4.78 is 10.7. The predicted molar refractivity (Wildman–Crippen MR) is 106 cm³/mol. The van der Waals surface area contributed by atoms with Crippen LogP contribution in [0.4, 0.5) is 10.5 Å². The monoisotopic (exact) mass is 423 g/mol. The fourth-order valence-electron chi connectivity index (χ4n) is 2.63. The maximum Gasteiger partial charge on any atom is 0.410 e. The van der Waals surface area contributed by atoms with Crippen LogP contribution in [-0.2, 0) is 4.74 Å². The number of halogens is 1. The fraction of sp³-hybridized carbons (Fsp3) is 0.474. The zero-order chi connectivity index (χ0) is 21.8. The average molecular weight is 424 g/mol. The van der Waals surface area contributed by atoms with Gasteiger partial charge in [0.2, 0.25) is 5.91 Å². The molecule has 1 aromatic carbocycles. The van der Waals surface area contributed by atoms with Crippen LogP contribution in [0.2, 0.25) is 5.02 Å². The predicted octanol–water partition coefficient (Wildman–Crippen LogP) is 2.99. The van der Waals surface area contributed by atoms with Crippen molar-refractivity contribution in [2.24, 2.45) is 11.7 Å². The standard InChI is InChI=1S/C19H22ClN3O6/c1-19(2,3)29-18(25)22-7-6-12(11-22)5-4-8-28-15-10-13(17(21)24)9-14(16(15)20)23(26)27/h9-10,12H,6-8,11H2,1-3H3,(H2,21,24). The molecule has 10 heteroatoms. The number of nitrogens with zero attached hydrogens (tertiary/aromatic N) is 2. The van der Waals surface area contributed by atoms with Crippen molar-refractivity contribution >= 4 is 29.3 Å². The minimum absolute atomic E-state index is 0.0344. The van der Waals surface area contributed by atoms with Gasteiger partial charge in [-0.1, -0.05) is 23.4 Å². The zero-order valence-corrected chi connectivity index (χ0v) is 17.1. The minimum atomic E-state index is -0.839. The number of primary amides is 1. The number of carbonyl (C=O) groups excluding carboxylic acids is 2. The fourth-order valence-corrected chi connectivity index (χ4v) is 2.87. The second-order valence-electron chi connectivity index (χ2n) is 7.45. The molecule has 2 N–H and O–H groups in total. The molecule has 0 spiro atoms. The van der Waals surface area contributed by atoms with Crippen LogP contribution in [0.5, 0.6) is 5.75 Å². The summed E-state index contributed by atoms with van der Waals surface area (Å²) >= 11 is 5.97. The molecule has 0 radical (unpaired) electrons. The summed E-state index contributed by atoms with van der Waals surface area (Å²) in [6, 6.07) is 2.23. The molecule has 1 aliphatic heterocycles. The molecular formula is C19H22ClN3O6. The number of benzene rings is 1. The van der Waals surface area contributed by atoms with Crippen molar-refractivity contribution in [2.75, 3.05) is 19.7 Å². The first-order valence-electron chi connectivity index (χ1n) is 8.85. The van der Waals surface area contributed by atoms with Crippen molar-refractivity contribution in [2.45, 2.75) is 32.8 Å². The lowest BCUT2D eigenvalue weighted by Gasteiger charge is -2.24. The Morgan fingerprint density at radius 2 is 2.10 bits per heavy atom. The zero-order valence-electron chi connectivity index (χ0n) is 16.4. The van der Waals surface area contributed by atoms with Gasteiger partial charge >= 0.3 is 6.09 Å². The highest BCUT2D eigenvalue weighted by atomic mass is 35.5. The molecule has 1 heterocycles. The van der Waals surface area contributed by atoms with E-state index in [1.165, 1.54) is 6.07 Å². The molecule has 1 aromatic rings. The highest BCUT2D eigenvalue weighted by Crippen LogP contribution is 2.35. The summed E-state index contributed by atoms with van der Waals surface area (Å²) in [5.41, 5.74) is 4.06. The maximum atomic E-state index is 12.1. The lowest BCUT2D eigenvalue weighted by Crippen LogP contribution is -2.35. The van der Waals surface area contributed by atoms with Gasteiger partial charge in [-0.05, 0) is 33.3 Å². The summed E-state index contributed by atoms with van der Waals surface area (Å²) in [4.78, 5) is 35.3. The Morgan fingerprint density at radius 3 is 2.69 bits per heavy atom. The number of likely N-dealkylation sites (tertiary alicyclic amines) is 1. The lowest BCUT2D eigenvalue weighted by molar-refractivity contribution is -0.384. The van der Waals surface area contributed by atoms with Gasteiger partial charge in [0.1, 0.15) is 18.0 Å². The van der Waals surface area contributed by atoms with E-state index in [2.05, 4.69) is 11.8 Å². The largest absolute Gasteiger partial charge is 0.479 e. The molecule has 2 rings (SSSR count). The van der Waals surface area contributed by atoms with Crippen LogP contribution in [0.25, 0.3) is 0 Å². The van der Waals surface area contributed by atoms with Crippen molar-refractivity contribution in [1.82, 2.24) is 4.90 Å². The van der Waals surface area contributed by atoms with E-state index in [-0.39, 0.29) is 35.0 Å². The quantitative estimate of drug-likeness (QED) is 0.450. The number of amides is 2. The van der Waals surface area contributed by atoms with Crippen LogP contribution in [0.3, 0.4) is 0 Å².